The predicted molar refractivity (Wildman–Crippen MR) is 57.6 cm³/mol. The Labute approximate surface area is 95.9 Å². The minimum atomic E-state index is -1.12. The summed E-state index contributed by atoms with van der Waals surface area (Å²) in [6, 6.07) is 4.25. The minimum Gasteiger partial charge on any atom is -0.277 e. The van der Waals surface area contributed by atoms with Crippen LogP contribution in [0.5, 0.6) is 0 Å². The molecule has 4 amide bonds. The molecule has 1 fully saturated rings. The average Bonchev–Trinajstić information content (AvgIpc) is 2.29. The zero-order valence-electron chi connectivity index (χ0n) is 8.58. The Hall–Kier alpha value is -2.57. The molecule has 1 saturated heterocycles. The SMILES string of the molecule is O=C1NC(=O)C(C=Nc2ccccn2)C(=O)N1. The van der Waals surface area contributed by atoms with Gasteiger partial charge >= 0.3 is 6.03 Å². The summed E-state index contributed by atoms with van der Waals surface area (Å²) in [6.45, 7) is 0. The number of nitrogens with one attached hydrogen (secondary N) is 2. The Bertz CT molecular complexity index is 478. The van der Waals surface area contributed by atoms with Crippen molar-refractivity contribution < 1.29 is 14.4 Å². The highest BCUT2D eigenvalue weighted by atomic mass is 16.2. The van der Waals surface area contributed by atoms with Gasteiger partial charge in [-0.25, -0.2) is 14.8 Å². The van der Waals surface area contributed by atoms with Gasteiger partial charge in [0.05, 0.1) is 0 Å². The van der Waals surface area contributed by atoms with Crippen molar-refractivity contribution in [3.05, 3.63) is 24.4 Å². The van der Waals surface area contributed by atoms with E-state index in [9.17, 15) is 14.4 Å². The molecular weight excluding hydrogens is 224 g/mol. The van der Waals surface area contributed by atoms with Crippen LogP contribution in [0.2, 0.25) is 0 Å². The Morgan fingerprint density at radius 3 is 2.47 bits per heavy atom. The zero-order valence-corrected chi connectivity index (χ0v) is 8.58. The summed E-state index contributed by atoms with van der Waals surface area (Å²) in [4.78, 5) is 41.2. The van der Waals surface area contributed by atoms with Gasteiger partial charge in [0.2, 0.25) is 11.8 Å². The van der Waals surface area contributed by atoms with E-state index in [1.807, 2.05) is 10.6 Å². The molecule has 17 heavy (non-hydrogen) atoms. The normalized spacial score (nSPS) is 17.1. The van der Waals surface area contributed by atoms with Crippen LogP contribution in [-0.4, -0.2) is 29.0 Å². The second-order valence-corrected chi connectivity index (χ2v) is 3.25. The van der Waals surface area contributed by atoms with Crippen LogP contribution in [0.25, 0.3) is 0 Å². The van der Waals surface area contributed by atoms with Gasteiger partial charge in [-0.3, -0.25) is 20.2 Å². The van der Waals surface area contributed by atoms with Crippen molar-refractivity contribution in [1.29, 1.82) is 0 Å². The van der Waals surface area contributed by atoms with Crippen molar-refractivity contribution >= 4 is 29.9 Å². The van der Waals surface area contributed by atoms with Gasteiger partial charge in [0, 0.05) is 12.4 Å². The molecule has 0 aromatic carbocycles. The third-order valence-corrected chi connectivity index (χ3v) is 2.04. The first-order valence-electron chi connectivity index (χ1n) is 4.78. The van der Waals surface area contributed by atoms with Crippen LogP contribution in [0.1, 0.15) is 0 Å². The van der Waals surface area contributed by atoms with E-state index >= 15 is 0 Å². The molecule has 0 saturated carbocycles. The van der Waals surface area contributed by atoms with E-state index in [2.05, 4.69) is 9.98 Å². The number of carbonyl (C=O) groups is 3. The van der Waals surface area contributed by atoms with Crippen molar-refractivity contribution in [3.63, 3.8) is 0 Å². The van der Waals surface area contributed by atoms with Gasteiger partial charge in [0.25, 0.3) is 0 Å². The monoisotopic (exact) mass is 232 g/mol. The minimum absolute atomic E-state index is 0.380. The summed E-state index contributed by atoms with van der Waals surface area (Å²) in [7, 11) is 0. The molecule has 0 aliphatic carbocycles. The molecular formula is C10H8N4O3. The number of urea groups is 1. The lowest BCUT2D eigenvalue weighted by Crippen LogP contribution is -2.56. The van der Waals surface area contributed by atoms with E-state index in [-0.39, 0.29) is 0 Å². The highest BCUT2D eigenvalue weighted by molar-refractivity contribution is 6.23. The fourth-order valence-corrected chi connectivity index (χ4v) is 1.25. The number of barbiturate groups is 1. The summed E-state index contributed by atoms with van der Waals surface area (Å²) in [5.74, 6) is -2.13. The van der Waals surface area contributed by atoms with Crippen LogP contribution >= 0.6 is 0 Å². The fourth-order valence-electron chi connectivity index (χ4n) is 1.25. The second-order valence-electron chi connectivity index (χ2n) is 3.25. The highest BCUT2D eigenvalue weighted by Gasteiger charge is 2.32. The van der Waals surface area contributed by atoms with E-state index in [0.717, 1.165) is 6.21 Å². The maximum Gasteiger partial charge on any atom is 0.328 e. The third kappa shape index (κ3) is 2.51. The van der Waals surface area contributed by atoms with E-state index in [1.165, 1.54) is 6.20 Å². The molecule has 86 valence electrons. The summed E-state index contributed by atoms with van der Waals surface area (Å²) < 4.78 is 0. The molecule has 0 unspecified atom stereocenters. The number of aromatic nitrogens is 1. The Morgan fingerprint density at radius 1 is 1.18 bits per heavy atom. The van der Waals surface area contributed by atoms with E-state index in [1.54, 1.807) is 18.2 Å². The lowest BCUT2D eigenvalue weighted by molar-refractivity contribution is -0.132. The quantitative estimate of drug-likeness (QED) is 0.543. The van der Waals surface area contributed by atoms with E-state index < -0.39 is 23.8 Å². The number of hydrogen-bond acceptors (Lipinski definition) is 5. The number of carbonyl (C=O) groups excluding carboxylic acids is 3. The zero-order chi connectivity index (χ0) is 12.3. The number of nitrogens with zero attached hydrogens (tertiary/aromatic N) is 2. The maximum absolute atomic E-state index is 11.3. The first kappa shape index (κ1) is 10.9. The average molecular weight is 232 g/mol. The van der Waals surface area contributed by atoms with E-state index in [4.69, 9.17) is 0 Å². The van der Waals surface area contributed by atoms with Crippen LogP contribution in [0.15, 0.2) is 29.4 Å². The summed E-state index contributed by atoms with van der Waals surface area (Å²) in [5.41, 5.74) is 0. The molecule has 1 aliphatic heterocycles. The second kappa shape index (κ2) is 4.52. The number of aliphatic imine (C=N–C) groups is 1. The maximum atomic E-state index is 11.3. The number of pyridine rings is 1. The smallest absolute Gasteiger partial charge is 0.277 e. The highest BCUT2D eigenvalue weighted by Crippen LogP contribution is 2.06. The van der Waals surface area contributed by atoms with Crippen LogP contribution in [0, 0.1) is 5.92 Å². The molecule has 1 aliphatic rings. The van der Waals surface area contributed by atoms with E-state index in [0.29, 0.717) is 5.82 Å². The number of rotatable bonds is 2. The van der Waals surface area contributed by atoms with Gasteiger partial charge in [-0.15, -0.1) is 0 Å². The number of hydrogen-bond donors (Lipinski definition) is 2. The topological polar surface area (TPSA) is 101 Å². The van der Waals surface area contributed by atoms with Crippen molar-refractivity contribution in [1.82, 2.24) is 15.6 Å². The van der Waals surface area contributed by atoms with Gasteiger partial charge in [-0.2, -0.15) is 0 Å². The third-order valence-electron chi connectivity index (χ3n) is 2.04. The Balaban J connectivity index is 2.13. The molecule has 1 aromatic rings. The van der Waals surface area contributed by atoms with Gasteiger partial charge < -0.3 is 0 Å². The van der Waals surface area contributed by atoms with Crippen molar-refractivity contribution in [2.75, 3.05) is 0 Å². The first-order valence-corrected chi connectivity index (χ1v) is 4.78. The molecule has 7 nitrogen and oxygen atoms in total. The Kier molecular flexibility index (Phi) is 2.91. The van der Waals surface area contributed by atoms with Crippen molar-refractivity contribution in [3.8, 4) is 0 Å². The van der Waals surface area contributed by atoms with Crippen LogP contribution < -0.4 is 10.6 Å². The van der Waals surface area contributed by atoms with Crippen LogP contribution in [0.3, 0.4) is 0 Å². The largest absolute Gasteiger partial charge is 0.328 e. The Morgan fingerprint density at radius 2 is 1.88 bits per heavy atom. The molecule has 0 radical (unpaired) electrons. The molecule has 0 bridgehead atoms. The van der Waals surface area contributed by atoms with Gasteiger partial charge in [0.15, 0.2) is 11.7 Å². The number of amides is 4. The predicted octanol–water partition coefficient (Wildman–Crippen LogP) is -0.234. The number of imide groups is 2. The lowest BCUT2D eigenvalue weighted by Gasteiger charge is -2.16. The van der Waals surface area contributed by atoms with Crippen molar-refractivity contribution in [2.45, 2.75) is 0 Å². The summed E-state index contributed by atoms with van der Waals surface area (Å²) >= 11 is 0. The summed E-state index contributed by atoms with van der Waals surface area (Å²) in [6.07, 6.45) is 2.69. The van der Waals surface area contributed by atoms with Gasteiger partial charge in [-0.05, 0) is 12.1 Å². The standard InChI is InChI=1S/C10H8N4O3/c15-8-6(9(16)14-10(17)13-8)5-12-7-3-1-2-4-11-7/h1-6H,(H2,13,14,15,16,17). The molecule has 2 heterocycles. The van der Waals surface area contributed by atoms with Gasteiger partial charge in [0.1, 0.15) is 0 Å². The molecule has 7 heteroatoms. The molecule has 0 atom stereocenters. The molecule has 2 rings (SSSR count). The van der Waals surface area contributed by atoms with Crippen LogP contribution in [0.4, 0.5) is 10.6 Å². The molecule has 0 spiro atoms. The first-order chi connectivity index (χ1) is 8.16. The fraction of sp³-hybridized carbons (Fsp3) is 0.100. The molecule has 1 aromatic heterocycles. The summed E-state index contributed by atoms with van der Waals surface area (Å²) in [5, 5.41) is 3.95. The van der Waals surface area contributed by atoms with Crippen LogP contribution in [-0.2, 0) is 9.59 Å². The lowest BCUT2D eigenvalue weighted by atomic mass is 10.1. The van der Waals surface area contributed by atoms with Gasteiger partial charge in [-0.1, -0.05) is 6.07 Å². The molecule has 2 N–H and O–H groups in total. The van der Waals surface area contributed by atoms with Crippen molar-refractivity contribution in [2.24, 2.45) is 10.9 Å².